The minimum Gasteiger partial charge on any atom is -0.296 e. The summed E-state index contributed by atoms with van der Waals surface area (Å²) in [4.78, 5) is 13.4. The summed E-state index contributed by atoms with van der Waals surface area (Å²) in [6.45, 7) is 0. The molecule has 1 aliphatic carbocycles. The number of rotatable bonds is 5. The first-order chi connectivity index (χ1) is 10.9. The second-order valence-corrected chi connectivity index (χ2v) is 8.48. The molecule has 0 saturated carbocycles. The Balaban J connectivity index is 1.69. The Morgan fingerprint density at radius 2 is 2.13 bits per heavy atom. The molecule has 7 heteroatoms. The maximum atomic E-state index is 12.1. The van der Waals surface area contributed by atoms with Crippen LogP contribution in [0.3, 0.4) is 0 Å². The van der Waals surface area contributed by atoms with E-state index in [9.17, 15) is 13.2 Å². The first kappa shape index (κ1) is 16.0. The van der Waals surface area contributed by atoms with Gasteiger partial charge in [0, 0.05) is 12.7 Å². The molecule has 1 aliphatic rings. The third-order valence-corrected chi connectivity index (χ3v) is 5.97. The van der Waals surface area contributed by atoms with E-state index >= 15 is 0 Å². The first-order valence-corrected chi connectivity index (χ1v) is 9.70. The SMILES string of the molecule is CS(=O)(=O)C1C[C@H](CCCc2noc(=O)[nH]2)Cc2ccccc21. The van der Waals surface area contributed by atoms with Gasteiger partial charge in [-0.15, -0.1) is 0 Å². The quantitative estimate of drug-likeness (QED) is 0.902. The topological polar surface area (TPSA) is 93.0 Å². The smallest absolute Gasteiger partial charge is 0.296 e. The fourth-order valence-corrected chi connectivity index (χ4v) is 4.72. The zero-order valence-corrected chi connectivity index (χ0v) is 13.8. The molecule has 2 aromatic rings. The summed E-state index contributed by atoms with van der Waals surface area (Å²) in [6, 6.07) is 7.81. The molecule has 124 valence electrons. The number of nitrogens with one attached hydrogen (secondary N) is 1. The van der Waals surface area contributed by atoms with Crippen molar-refractivity contribution in [2.24, 2.45) is 5.92 Å². The predicted molar refractivity (Wildman–Crippen MR) is 85.9 cm³/mol. The Morgan fingerprint density at radius 1 is 1.35 bits per heavy atom. The van der Waals surface area contributed by atoms with E-state index in [0.29, 0.717) is 24.6 Å². The standard InChI is InChI=1S/C16H20N2O4S/c1-23(20,21)14-10-11(9-12-6-2-3-7-13(12)14)5-4-8-15-17-16(19)22-18-15/h2-3,6-7,11,14H,4-5,8-10H2,1H3,(H,17,18,19)/t11-,14?/m1/s1. The highest BCUT2D eigenvalue weighted by Gasteiger charge is 2.32. The van der Waals surface area contributed by atoms with Crippen molar-refractivity contribution < 1.29 is 12.9 Å². The van der Waals surface area contributed by atoms with Gasteiger partial charge < -0.3 is 0 Å². The summed E-state index contributed by atoms with van der Waals surface area (Å²) >= 11 is 0. The van der Waals surface area contributed by atoms with Gasteiger partial charge in [-0.05, 0) is 42.7 Å². The van der Waals surface area contributed by atoms with E-state index in [1.165, 1.54) is 6.26 Å². The molecule has 3 rings (SSSR count). The van der Waals surface area contributed by atoms with E-state index in [0.717, 1.165) is 30.4 Å². The van der Waals surface area contributed by atoms with Crippen molar-refractivity contribution in [3.8, 4) is 0 Å². The Hall–Kier alpha value is -1.89. The Kier molecular flexibility index (Phi) is 4.39. The fourth-order valence-electron chi connectivity index (χ4n) is 3.41. The molecule has 1 aromatic carbocycles. The Morgan fingerprint density at radius 3 is 2.83 bits per heavy atom. The van der Waals surface area contributed by atoms with Gasteiger partial charge in [-0.2, -0.15) is 0 Å². The lowest BCUT2D eigenvalue weighted by molar-refractivity contribution is 0.375. The molecular formula is C16H20N2O4S. The molecule has 6 nitrogen and oxygen atoms in total. The summed E-state index contributed by atoms with van der Waals surface area (Å²) < 4.78 is 28.7. The molecule has 1 unspecified atom stereocenters. The molecule has 1 N–H and O–H groups in total. The molecule has 0 amide bonds. The average molecular weight is 336 g/mol. The first-order valence-electron chi connectivity index (χ1n) is 7.75. The summed E-state index contributed by atoms with van der Waals surface area (Å²) in [7, 11) is -3.12. The largest absolute Gasteiger partial charge is 0.438 e. The number of aromatic amines is 1. The van der Waals surface area contributed by atoms with Crippen LogP contribution in [0.2, 0.25) is 0 Å². The number of hydrogen-bond acceptors (Lipinski definition) is 5. The molecule has 1 heterocycles. The van der Waals surface area contributed by atoms with Crippen molar-refractivity contribution >= 4 is 9.84 Å². The molecule has 0 radical (unpaired) electrons. The minimum absolute atomic E-state index is 0.322. The fraction of sp³-hybridized carbons (Fsp3) is 0.500. The second-order valence-electron chi connectivity index (χ2n) is 6.26. The third-order valence-electron chi connectivity index (χ3n) is 4.49. The van der Waals surface area contributed by atoms with Crippen LogP contribution in [0, 0.1) is 5.92 Å². The molecule has 0 saturated heterocycles. The molecule has 23 heavy (non-hydrogen) atoms. The molecule has 0 spiro atoms. The number of H-pyrrole nitrogens is 1. The van der Waals surface area contributed by atoms with Crippen molar-refractivity contribution in [1.29, 1.82) is 0 Å². The van der Waals surface area contributed by atoms with Gasteiger partial charge in [0.05, 0.1) is 5.25 Å². The lowest BCUT2D eigenvalue weighted by Gasteiger charge is -2.30. The van der Waals surface area contributed by atoms with Crippen LogP contribution in [0.4, 0.5) is 0 Å². The maximum absolute atomic E-state index is 12.1. The predicted octanol–water partition coefficient (Wildman–Crippen LogP) is 2.03. The number of hydrogen-bond donors (Lipinski definition) is 1. The molecular weight excluding hydrogens is 316 g/mol. The Labute approximate surface area is 134 Å². The van der Waals surface area contributed by atoms with E-state index < -0.39 is 20.8 Å². The summed E-state index contributed by atoms with van der Waals surface area (Å²) in [5.74, 6) is 0.331. The Bertz CT molecular complexity index is 838. The molecule has 1 aromatic heterocycles. The van der Waals surface area contributed by atoms with Crippen molar-refractivity contribution in [2.45, 2.75) is 37.4 Å². The van der Waals surface area contributed by atoms with Crippen molar-refractivity contribution in [3.63, 3.8) is 0 Å². The zero-order chi connectivity index (χ0) is 16.4. The lowest BCUT2D eigenvalue weighted by Crippen LogP contribution is -2.24. The summed E-state index contributed by atoms with van der Waals surface area (Å²) in [5, 5.41) is 3.24. The van der Waals surface area contributed by atoms with Crippen LogP contribution in [0.5, 0.6) is 0 Å². The van der Waals surface area contributed by atoms with Crippen LogP contribution in [0.25, 0.3) is 0 Å². The van der Waals surface area contributed by atoms with Gasteiger partial charge in [-0.25, -0.2) is 13.2 Å². The van der Waals surface area contributed by atoms with E-state index in [1.54, 1.807) is 0 Å². The van der Waals surface area contributed by atoms with Crippen LogP contribution in [0.15, 0.2) is 33.6 Å². The van der Waals surface area contributed by atoms with Gasteiger partial charge >= 0.3 is 5.76 Å². The van der Waals surface area contributed by atoms with Crippen LogP contribution >= 0.6 is 0 Å². The highest BCUT2D eigenvalue weighted by Crippen LogP contribution is 2.39. The molecule has 0 aliphatic heterocycles. The van der Waals surface area contributed by atoms with Crippen LogP contribution in [0.1, 0.15) is 41.5 Å². The number of sulfone groups is 1. The zero-order valence-electron chi connectivity index (χ0n) is 13.0. The van der Waals surface area contributed by atoms with E-state index in [-0.39, 0.29) is 0 Å². The second kappa shape index (κ2) is 6.31. The molecule has 0 bridgehead atoms. The highest BCUT2D eigenvalue weighted by atomic mass is 32.2. The van der Waals surface area contributed by atoms with Crippen LogP contribution in [-0.2, 0) is 22.7 Å². The van der Waals surface area contributed by atoms with Gasteiger partial charge in [-0.3, -0.25) is 9.51 Å². The average Bonchev–Trinajstić information content (AvgIpc) is 2.91. The normalized spacial score (nSPS) is 21.1. The van der Waals surface area contributed by atoms with E-state index in [2.05, 4.69) is 14.7 Å². The van der Waals surface area contributed by atoms with Gasteiger partial charge in [0.25, 0.3) is 0 Å². The monoisotopic (exact) mass is 336 g/mol. The summed E-state index contributed by atoms with van der Waals surface area (Å²) in [5.41, 5.74) is 2.08. The van der Waals surface area contributed by atoms with E-state index in [4.69, 9.17) is 0 Å². The number of nitrogens with zero attached hydrogens (tertiary/aromatic N) is 1. The molecule has 2 atom stereocenters. The number of fused-ring (bicyclic) bond motifs is 1. The van der Waals surface area contributed by atoms with Gasteiger partial charge in [0.1, 0.15) is 0 Å². The number of aromatic nitrogens is 2. The highest BCUT2D eigenvalue weighted by molar-refractivity contribution is 7.90. The van der Waals surface area contributed by atoms with Gasteiger partial charge in [0.2, 0.25) is 0 Å². The maximum Gasteiger partial charge on any atom is 0.438 e. The van der Waals surface area contributed by atoms with Gasteiger partial charge in [-0.1, -0.05) is 29.4 Å². The van der Waals surface area contributed by atoms with Crippen molar-refractivity contribution in [1.82, 2.24) is 10.1 Å². The van der Waals surface area contributed by atoms with E-state index in [1.807, 2.05) is 24.3 Å². The van der Waals surface area contributed by atoms with Crippen LogP contribution in [-0.4, -0.2) is 24.8 Å². The number of benzene rings is 1. The van der Waals surface area contributed by atoms with Crippen LogP contribution < -0.4 is 5.76 Å². The minimum atomic E-state index is -3.12. The van der Waals surface area contributed by atoms with Crippen molar-refractivity contribution in [2.75, 3.05) is 6.26 Å². The number of aryl methyl sites for hydroxylation is 1. The third kappa shape index (κ3) is 3.72. The van der Waals surface area contributed by atoms with Gasteiger partial charge in [0.15, 0.2) is 15.7 Å². The molecule has 0 fully saturated rings. The lowest BCUT2D eigenvalue weighted by atomic mass is 9.81. The summed E-state index contributed by atoms with van der Waals surface area (Å²) in [6.07, 6.45) is 5.24. The van der Waals surface area contributed by atoms with Crippen molar-refractivity contribution in [3.05, 3.63) is 51.8 Å².